The molecule has 8 heteroatoms. The van der Waals surface area contributed by atoms with E-state index in [2.05, 4.69) is 4.98 Å². The van der Waals surface area contributed by atoms with Crippen LogP contribution in [0.3, 0.4) is 0 Å². The lowest BCUT2D eigenvalue weighted by Gasteiger charge is -2.25. The topological polar surface area (TPSA) is 84.0 Å². The van der Waals surface area contributed by atoms with E-state index in [9.17, 15) is 14.9 Å². The third-order valence-electron chi connectivity index (χ3n) is 3.91. The Kier molecular flexibility index (Phi) is 3.44. The van der Waals surface area contributed by atoms with Crippen LogP contribution >= 0.6 is 0 Å². The zero-order valence-corrected chi connectivity index (χ0v) is 12.5. The molecule has 1 saturated heterocycles. The molecule has 1 aliphatic heterocycles. The number of amides is 1. The van der Waals surface area contributed by atoms with Crippen molar-refractivity contribution in [3.8, 4) is 0 Å². The van der Waals surface area contributed by atoms with E-state index < -0.39 is 11.0 Å². The molecular formula is C14H17N5O3. The number of anilines is 1. The summed E-state index contributed by atoms with van der Waals surface area (Å²) in [7, 11) is 3.38. The number of fused-ring (bicyclic) bond motifs is 1. The molecule has 1 unspecified atom stereocenters. The van der Waals surface area contributed by atoms with Crippen molar-refractivity contribution in [2.75, 3.05) is 25.5 Å². The number of carbonyl (C=O) groups is 1. The molecule has 1 fully saturated rings. The van der Waals surface area contributed by atoms with E-state index in [1.165, 1.54) is 9.30 Å². The summed E-state index contributed by atoms with van der Waals surface area (Å²) in [6.07, 6.45) is 3.11. The summed E-state index contributed by atoms with van der Waals surface area (Å²) >= 11 is 0. The SMILES string of the molecule is CN(C)C(=O)C1CCCN1c1nc2ccccn2c1[N+](=O)[O-]. The van der Waals surface area contributed by atoms with Gasteiger partial charge in [0, 0.05) is 26.7 Å². The van der Waals surface area contributed by atoms with E-state index in [1.807, 2.05) is 0 Å². The second kappa shape index (κ2) is 5.28. The first-order valence-corrected chi connectivity index (χ1v) is 7.10. The van der Waals surface area contributed by atoms with Crippen LogP contribution in [0.15, 0.2) is 24.4 Å². The number of nitro groups is 1. The Balaban J connectivity index is 2.11. The van der Waals surface area contributed by atoms with Crippen LogP contribution in [0.25, 0.3) is 5.65 Å². The van der Waals surface area contributed by atoms with Crippen molar-refractivity contribution in [3.05, 3.63) is 34.5 Å². The van der Waals surface area contributed by atoms with Gasteiger partial charge in [-0.2, -0.15) is 9.38 Å². The lowest BCUT2D eigenvalue weighted by Crippen LogP contribution is -2.43. The normalized spacial score (nSPS) is 17.9. The maximum atomic E-state index is 12.3. The van der Waals surface area contributed by atoms with E-state index in [4.69, 9.17) is 0 Å². The second-order valence-electron chi connectivity index (χ2n) is 5.53. The standard InChI is InChI=1S/C14H17N5O3/c1-16(2)14(20)10-6-5-9-17(10)12-13(19(21)22)18-8-4-3-7-11(18)15-12/h3-4,7-8,10H,5-6,9H2,1-2H3. The van der Waals surface area contributed by atoms with Crippen molar-refractivity contribution in [1.82, 2.24) is 14.3 Å². The molecule has 2 aromatic heterocycles. The Morgan fingerprint density at radius 3 is 2.91 bits per heavy atom. The molecule has 0 bridgehead atoms. The summed E-state index contributed by atoms with van der Waals surface area (Å²) in [5.74, 6) is 0.131. The molecule has 2 aromatic rings. The van der Waals surface area contributed by atoms with Crippen molar-refractivity contribution in [1.29, 1.82) is 0 Å². The van der Waals surface area contributed by atoms with Gasteiger partial charge < -0.3 is 19.9 Å². The fraction of sp³-hybridized carbons (Fsp3) is 0.429. The fourth-order valence-corrected chi connectivity index (χ4v) is 2.91. The lowest BCUT2D eigenvalue weighted by atomic mass is 10.2. The maximum Gasteiger partial charge on any atom is 0.372 e. The Bertz CT molecular complexity index is 739. The van der Waals surface area contributed by atoms with Gasteiger partial charge in [0.05, 0.1) is 6.20 Å². The molecule has 3 heterocycles. The zero-order valence-electron chi connectivity index (χ0n) is 12.5. The monoisotopic (exact) mass is 303 g/mol. The van der Waals surface area contributed by atoms with Crippen molar-refractivity contribution in [3.63, 3.8) is 0 Å². The third-order valence-corrected chi connectivity index (χ3v) is 3.91. The number of likely N-dealkylation sites (N-methyl/N-ethyl adjacent to an activating group) is 1. The molecule has 8 nitrogen and oxygen atoms in total. The number of rotatable bonds is 3. The van der Waals surface area contributed by atoms with E-state index >= 15 is 0 Å². The average molecular weight is 303 g/mol. The Hall–Kier alpha value is -2.64. The van der Waals surface area contributed by atoms with E-state index in [0.717, 1.165) is 6.42 Å². The Morgan fingerprint density at radius 1 is 1.45 bits per heavy atom. The predicted octanol–water partition coefficient (Wildman–Crippen LogP) is 1.30. The van der Waals surface area contributed by atoms with Gasteiger partial charge in [-0.1, -0.05) is 6.07 Å². The molecule has 0 spiro atoms. The van der Waals surface area contributed by atoms with Crippen LogP contribution in [-0.2, 0) is 4.79 Å². The van der Waals surface area contributed by atoms with Crippen LogP contribution in [0.4, 0.5) is 11.6 Å². The van der Waals surface area contributed by atoms with Crippen LogP contribution in [0.1, 0.15) is 12.8 Å². The van der Waals surface area contributed by atoms with Crippen molar-refractivity contribution in [2.24, 2.45) is 0 Å². The highest BCUT2D eigenvalue weighted by Crippen LogP contribution is 2.34. The van der Waals surface area contributed by atoms with Crippen LogP contribution in [0.5, 0.6) is 0 Å². The first kappa shape index (κ1) is 14.3. The van der Waals surface area contributed by atoms with Crippen LogP contribution < -0.4 is 4.90 Å². The zero-order chi connectivity index (χ0) is 15.9. The molecule has 0 radical (unpaired) electrons. The largest absolute Gasteiger partial charge is 0.372 e. The molecule has 1 atom stereocenters. The van der Waals surface area contributed by atoms with Gasteiger partial charge in [0.15, 0.2) is 0 Å². The number of hydrogen-bond acceptors (Lipinski definition) is 5. The summed E-state index contributed by atoms with van der Waals surface area (Å²) in [5.41, 5.74) is 0.507. The molecule has 116 valence electrons. The summed E-state index contributed by atoms with van der Waals surface area (Å²) < 4.78 is 1.45. The van der Waals surface area contributed by atoms with Crippen LogP contribution in [0, 0.1) is 10.1 Å². The summed E-state index contributed by atoms with van der Waals surface area (Å²) in [6, 6.07) is 4.83. The van der Waals surface area contributed by atoms with Crippen molar-refractivity contribution < 1.29 is 9.72 Å². The lowest BCUT2D eigenvalue weighted by molar-refractivity contribution is -0.389. The minimum absolute atomic E-state index is 0.0520. The molecule has 0 saturated carbocycles. The molecular weight excluding hydrogens is 286 g/mol. The molecule has 1 aliphatic rings. The molecule has 0 aliphatic carbocycles. The number of pyridine rings is 1. The highest BCUT2D eigenvalue weighted by atomic mass is 16.6. The predicted molar refractivity (Wildman–Crippen MR) is 80.9 cm³/mol. The van der Waals surface area contributed by atoms with Gasteiger partial charge >= 0.3 is 5.82 Å². The highest BCUT2D eigenvalue weighted by molar-refractivity contribution is 5.86. The number of nitrogens with zero attached hydrogens (tertiary/aromatic N) is 5. The van der Waals surface area contributed by atoms with Gasteiger partial charge in [-0.15, -0.1) is 0 Å². The summed E-state index contributed by atoms with van der Waals surface area (Å²) in [4.78, 5) is 31.0. The fourth-order valence-electron chi connectivity index (χ4n) is 2.91. The maximum absolute atomic E-state index is 12.3. The number of hydrogen-bond donors (Lipinski definition) is 0. The van der Waals surface area contributed by atoms with Gasteiger partial charge in [0.2, 0.25) is 17.4 Å². The van der Waals surface area contributed by atoms with E-state index in [0.29, 0.717) is 18.6 Å². The molecule has 3 rings (SSSR count). The number of carbonyl (C=O) groups excluding carboxylic acids is 1. The van der Waals surface area contributed by atoms with E-state index in [1.54, 1.807) is 43.4 Å². The Morgan fingerprint density at radius 2 is 2.23 bits per heavy atom. The smallest absolute Gasteiger partial charge is 0.358 e. The van der Waals surface area contributed by atoms with Crippen molar-refractivity contribution >= 4 is 23.2 Å². The summed E-state index contributed by atoms with van der Waals surface area (Å²) in [6.45, 7) is 0.592. The minimum Gasteiger partial charge on any atom is -0.358 e. The molecule has 22 heavy (non-hydrogen) atoms. The third kappa shape index (κ3) is 2.16. The highest BCUT2D eigenvalue weighted by Gasteiger charge is 2.38. The number of aromatic nitrogens is 2. The van der Waals surface area contributed by atoms with Gasteiger partial charge in [-0.05, 0) is 23.8 Å². The molecule has 0 N–H and O–H groups in total. The van der Waals surface area contributed by atoms with Gasteiger partial charge in [0.25, 0.3) is 0 Å². The minimum atomic E-state index is -0.440. The van der Waals surface area contributed by atoms with Gasteiger partial charge in [0.1, 0.15) is 6.04 Å². The Labute approximate surface area is 127 Å². The van der Waals surface area contributed by atoms with Gasteiger partial charge in [-0.3, -0.25) is 4.79 Å². The number of imidazole rings is 1. The van der Waals surface area contributed by atoms with Crippen LogP contribution in [-0.4, -0.2) is 51.8 Å². The average Bonchev–Trinajstić information content (AvgIpc) is 3.09. The molecule has 1 amide bonds. The second-order valence-corrected chi connectivity index (χ2v) is 5.53. The van der Waals surface area contributed by atoms with Crippen LogP contribution in [0.2, 0.25) is 0 Å². The summed E-state index contributed by atoms with van der Waals surface area (Å²) in [5, 5.41) is 11.5. The van der Waals surface area contributed by atoms with Crippen molar-refractivity contribution in [2.45, 2.75) is 18.9 Å². The molecule has 0 aromatic carbocycles. The first-order valence-electron chi connectivity index (χ1n) is 7.10. The van der Waals surface area contributed by atoms with Gasteiger partial charge in [-0.25, -0.2) is 0 Å². The van der Waals surface area contributed by atoms with E-state index in [-0.39, 0.29) is 17.5 Å². The quantitative estimate of drug-likeness (QED) is 0.630. The first-order chi connectivity index (χ1) is 10.5.